The second-order valence-electron chi connectivity index (χ2n) is 2.05. The Morgan fingerprint density at radius 1 is 1.50 bits per heavy atom. The number of H-pyrrole nitrogens is 1. The number of aromatic amines is 1. The lowest BCUT2D eigenvalue weighted by Gasteiger charge is -2.02. The summed E-state index contributed by atoms with van der Waals surface area (Å²) in [6.07, 6.45) is 3.16. The first-order chi connectivity index (χ1) is 4.97. The molecule has 0 saturated carbocycles. The topological polar surface area (TPSA) is 47.1 Å². The van der Waals surface area contributed by atoms with Gasteiger partial charge >= 0.3 is 0 Å². The van der Waals surface area contributed by atoms with Crippen LogP contribution in [0.2, 0.25) is 0 Å². The van der Waals surface area contributed by atoms with Crippen LogP contribution < -0.4 is 0 Å². The molecule has 0 bridgehead atoms. The summed E-state index contributed by atoms with van der Waals surface area (Å²) in [7, 11) is 0. The van der Waals surface area contributed by atoms with Crippen LogP contribution in [0.15, 0.2) is 12.4 Å². The smallest absolute Gasteiger partial charge is 0.217 e. The highest BCUT2D eigenvalue weighted by Crippen LogP contribution is 2.18. The Morgan fingerprint density at radius 2 is 2.30 bits per heavy atom. The lowest BCUT2D eigenvalue weighted by atomic mass is 10.6. The van der Waals surface area contributed by atoms with E-state index in [4.69, 9.17) is 9.47 Å². The Hall–Kier alpha value is -0.870. The third-order valence-electron chi connectivity index (χ3n) is 1.36. The van der Waals surface area contributed by atoms with Crippen LogP contribution in [0.25, 0.3) is 0 Å². The van der Waals surface area contributed by atoms with Gasteiger partial charge in [0.1, 0.15) is 0 Å². The minimum Gasteiger partial charge on any atom is -0.344 e. The van der Waals surface area contributed by atoms with Crippen molar-refractivity contribution in [3.63, 3.8) is 0 Å². The van der Waals surface area contributed by atoms with E-state index in [2.05, 4.69) is 9.97 Å². The zero-order valence-electron chi connectivity index (χ0n) is 5.41. The summed E-state index contributed by atoms with van der Waals surface area (Å²) in [6.45, 7) is 1.32. The predicted octanol–water partition coefficient (Wildman–Crippen LogP) is 0.455. The fraction of sp³-hybridized carbons (Fsp3) is 0.500. The third kappa shape index (κ3) is 0.913. The van der Waals surface area contributed by atoms with Crippen molar-refractivity contribution in [2.75, 3.05) is 13.2 Å². The number of aromatic nitrogens is 2. The quantitative estimate of drug-likeness (QED) is 0.616. The van der Waals surface area contributed by atoms with Gasteiger partial charge in [-0.15, -0.1) is 0 Å². The van der Waals surface area contributed by atoms with Crippen molar-refractivity contribution in [3.05, 3.63) is 18.2 Å². The van der Waals surface area contributed by atoms with Crippen LogP contribution in [0.4, 0.5) is 0 Å². The van der Waals surface area contributed by atoms with Gasteiger partial charge in [-0.3, -0.25) is 0 Å². The zero-order chi connectivity index (χ0) is 6.81. The Labute approximate surface area is 58.2 Å². The molecule has 1 fully saturated rings. The molecular formula is C6H8N2O2. The third-order valence-corrected chi connectivity index (χ3v) is 1.36. The predicted molar refractivity (Wildman–Crippen MR) is 33.2 cm³/mol. The Bertz CT molecular complexity index is 192. The minimum atomic E-state index is -0.269. The van der Waals surface area contributed by atoms with Crippen LogP contribution in [0.3, 0.4) is 0 Å². The lowest BCUT2D eigenvalue weighted by Crippen LogP contribution is -1.99. The molecule has 1 aromatic rings. The molecule has 1 aliphatic heterocycles. The summed E-state index contributed by atoms with van der Waals surface area (Å²) in [5.41, 5.74) is 0. The van der Waals surface area contributed by atoms with Crippen molar-refractivity contribution in [2.24, 2.45) is 0 Å². The Morgan fingerprint density at radius 3 is 2.90 bits per heavy atom. The average molecular weight is 140 g/mol. The average Bonchev–Trinajstić information content (AvgIpc) is 2.59. The molecule has 0 amide bonds. The SMILES string of the molecule is c1c[nH]c(C2OCCO2)n1. The number of ether oxygens (including phenoxy) is 2. The van der Waals surface area contributed by atoms with Gasteiger partial charge < -0.3 is 14.5 Å². The summed E-state index contributed by atoms with van der Waals surface area (Å²) in [5.74, 6) is 0.748. The number of hydrogen-bond donors (Lipinski definition) is 1. The second kappa shape index (κ2) is 2.40. The summed E-state index contributed by atoms with van der Waals surface area (Å²) >= 11 is 0. The van der Waals surface area contributed by atoms with Crippen LogP contribution >= 0.6 is 0 Å². The van der Waals surface area contributed by atoms with Gasteiger partial charge in [0, 0.05) is 12.4 Å². The molecule has 0 aliphatic carbocycles. The van der Waals surface area contributed by atoms with Gasteiger partial charge in [0.25, 0.3) is 0 Å². The number of rotatable bonds is 1. The molecule has 4 nitrogen and oxygen atoms in total. The fourth-order valence-corrected chi connectivity index (χ4v) is 0.923. The van der Waals surface area contributed by atoms with E-state index in [9.17, 15) is 0 Å². The second-order valence-corrected chi connectivity index (χ2v) is 2.05. The molecule has 0 atom stereocenters. The highest BCUT2D eigenvalue weighted by Gasteiger charge is 2.19. The molecule has 1 N–H and O–H groups in total. The van der Waals surface area contributed by atoms with Crippen molar-refractivity contribution in [3.8, 4) is 0 Å². The number of nitrogens with zero attached hydrogens (tertiary/aromatic N) is 1. The number of imidazole rings is 1. The van der Waals surface area contributed by atoms with Gasteiger partial charge in [0.05, 0.1) is 13.2 Å². The first kappa shape index (κ1) is 5.88. The molecule has 0 unspecified atom stereocenters. The molecule has 1 aliphatic rings. The molecule has 0 spiro atoms. The molecular weight excluding hydrogens is 132 g/mol. The summed E-state index contributed by atoms with van der Waals surface area (Å²) in [6, 6.07) is 0. The van der Waals surface area contributed by atoms with E-state index in [0.717, 1.165) is 5.82 Å². The van der Waals surface area contributed by atoms with Crippen LogP contribution in [0.5, 0.6) is 0 Å². The van der Waals surface area contributed by atoms with Gasteiger partial charge in [-0.2, -0.15) is 0 Å². The monoisotopic (exact) mass is 140 g/mol. The van der Waals surface area contributed by atoms with Crippen molar-refractivity contribution in [2.45, 2.75) is 6.29 Å². The number of hydrogen-bond acceptors (Lipinski definition) is 3. The molecule has 0 radical (unpaired) electrons. The first-order valence-corrected chi connectivity index (χ1v) is 3.19. The summed E-state index contributed by atoms with van der Waals surface area (Å²) in [4.78, 5) is 6.91. The summed E-state index contributed by atoms with van der Waals surface area (Å²) < 4.78 is 10.4. The molecule has 54 valence electrons. The molecule has 10 heavy (non-hydrogen) atoms. The molecule has 1 aromatic heterocycles. The van der Waals surface area contributed by atoms with Crippen LogP contribution in [0.1, 0.15) is 12.1 Å². The maximum absolute atomic E-state index is 5.18. The van der Waals surface area contributed by atoms with E-state index >= 15 is 0 Å². The van der Waals surface area contributed by atoms with Crippen molar-refractivity contribution in [1.29, 1.82) is 0 Å². The highest BCUT2D eigenvalue weighted by atomic mass is 16.7. The van der Waals surface area contributed by atoms with E-state index in [-0.39, 0.29) is 6.29 Å². The van der Waals surface area contributed by atoms with E-state index in [1.807, 2.05) is 0 Å². The fourth-order valence-electron chi connectivity index (χ4n) is 0.923. The molecule has 0 aromatic carbocycles. The molecule has 2 heterocycles. The minimum absolute atomic E-state index is 0.269. The van der Waals surface area contributed by atoms with Crippen LogP contribution in [-0.4, -0.2) is 23.2 Å². The largest absolute Gasteiger partial charge is 0.344 e. The molecule has 4 heteroatoms. The lowest BCUT2D eigenvalue weighted by molar-refractivity contribution is -0.0501. The standard InChI is InChI=1S/C6H8N2O2/c1-2-8-5(7-1)6-9-3-4-10-6/h1-2,6H,3-4H2,(H,7,8). The van der Waals surface area contributed by atoms with E-state index in [1.165, 1.54) is 0 Å². The zero-order valence-corrected chi connectivity index (χ0v) is 5.41. The van der Waals surface area contributed by atoms with Crippen molar-refractivity contribution < 1.29 is 9.47 Å². The van der Waals surface area contributed by atoms with Crippen LogP contribution in [0, 0.1) is 0 Å². The van der Waals surface area contributed by atoms with E-state index < -0.39 is 0 Å². The normalized spacial score (nSPS) is 20.0. The maximum Gasteiger partial charge on any atom is 0.217 e. The van der Waals surface area contributed by atoms with Gasteiger partial charge in [-0.1, -0.05) is 0 Å². The molecule has 2 rings (SSSR count). The Balaban J connectivity index is 2.12. The van der Waals surface area contributed by atoms with Crippen molar-refractivity contribution in [1.82, 2.24) is 9.97 Å². The van der Waals surface area contributed by atoms with Crippen LogP contribution in [-0.2, 0) is 9.47 Å². The highest BCUT2D eigenvalue weighted by molar-refractivity contribution is 4.89. The molecule has 1 saturated heterocycles. The van der Waals surface area contributed by atoms with E-state index in [0.29, 0.717) is 13.2 Å². The van der Waals surface area contributed by atoms with E-state index in [1.54, 1.807) is 12.4 Å². The number of nitrogens with one attached hydrogen (secondary N) is 1. The van der Waals surface area contributed by atoms with Gasteiger partial charge in [-0.05, 0) is 0 Å². The summed E-state index contributed by atoms with van der Waals surface area (Å²) in [5, 5.41) is 0. The van der Waals surface area contributed by atoms with Crippen molar-refractivity contribution >= 4 is 0 Å². The van der Waals surface area contributed by atoms with Gasteiger partial charge in [-0.25, -0.2) is 4.98 Å². The first-order valence-electron chi connectivity index (χ1n) is 3.19. The van der Waals surface area contributed by atoms with Gasteiger partial charge in [0.15, 0.2) is 5.82 Å². The maximum atomic E-state index is 5.18. The van der Waals surface area contributed by atoms with Gasteiger partial charge in [0.2, 0.25) is 6.29 Å². The Kier molecular flexibility index (Phi) is 1.41.